The molecule has 0 amide bonds. The van der Waals surface area contributed by atoms with Crippen molar-refractivity contribution in [1.29, 1.82) is 0 Å². The van der Waals surface area contributed by atoms with Gasteiger partial charge < -0.3 is 8.83 Å². The standard InChI is InChI=1S/C45H26N4O2/c1-3-13-27(14-4-1)29-19-11-20-32-33-21-12-22-35(42(33)51-41(29)32)44-46-43(28-15-5-2-6-16-28)47-45(48-44)49-36-23-9-7-17-30(36)31-25-26-38-39(40(31)49)34-18-8-10-24-37(34)50-38/h1-26H. The average molecular weight is 655 g/mol. The summed E-state index contributed by atoms with van der Waals surface area (Å²) in [4.78, 5) is 15.6. The first-order valence-electron chi connectivity index (χ1n) is 17.0. The topological polar surface area (TPSA) is 69.9 Å². The number of hydrogen-bond acceptors (Lipinski definition) is 5. The molecule has 6 heteroatoms. The number of fused-ring (bicyclic) bond motifs is 10. The third-order valence-electron chi connectivity index (χ3n) is 9.88. The lowest BCUT2D eigenvalue weighted by Gasteiger charge is -2.11. The van der Waals surface area contributed by atoms with Gasteiger partial charge in [0.1, 0.15) is 22.3 Å². The summed E-state index contributed by atoms with van der Waals surface area (Å²) in [5.41, 5.74) is 9.03. The third-order valence-corrected chi connectivity index (χ3v) is 9.88. The highest BCUT2D eigenvalue weighted by Crippen LogP contribution is 2.42. The first kappa shape index (κ1) is 27.9. The van der Waals surface area contributed by atoms with E-state index >= 15 is 0 Å². The van der Waals surface area contributed by atoms with Crippen molar-refractivity contribution in [3.8, 4) is 39.9 Å². The van der Waals surface area contributed by atoms with Crippen molar-refractivity contribution in [2.75, 3.05) is 0 Å². The van der Waals surface area contributed by atoms with Crippen molar-refractivity contribution in [2.24, 2.45) is 0 Å². The van der Waals surface area contributed by atoms with Gasteiger partial charge in [-0.05, 0) is 35.9 Å². The predicted molar refractivity (Wildman–Crippen MR) is 205 cm³/mol. The van der Waals surface area contributed by atoms with Gasteiger partial charge in [0, 0.05) is 38.1 Å². The monoisotopic (exact) mass is 654 g/mol. The second-order valence-corrected chi connectivity index (χ2v) is 12.8. The van der Waals surface area contributed by atoms with Crippen LogP contribution < -0.4 is 0 Å². The van der Waals surface area contributed by atoms with Gasteiger partial charge in [-0.15, -0.1) is 0 Å². The van der Waals surface area contributed by atoms with Crippen LogP contribution in [-0.4, -0.2) is 19.5 Å². The highest BCUT2D eigenvalue weighted by molar-refractivity contribution is 6.24. The Balaban J connectivity index is 1.24. The molecule has 0 radical (unpaired) electrons. The lowest BCUT2D eigenvalue weighted by Crippen LogP contribution is -2.06. The minimum atomic E-state index is 0.515. The van der Waals surface area contributed by atoms with Crippen LogP contribution in [0.1, 0.15) is 0 Å². The maximum absolute atomic E-state index is 6.82. The fraction of sp³-hybridized carbons (Fsp3) is 0. The average Bonchev–Trinajstić information content (AvgIpc) is 3.88. The summed E-state index contributed by atoms with van der Waals surface area (Å²) in [6.45, 7) is 0. The fourth-order valence-electron chi connectivity index (χ4n) is 7.62. The van der Waals surface area contributed by atoms with Crippen LogP contribution in [0.15, 0.2) is 167 Å². The van der Waals surface area contributed by atoms with Crippen molar-refractivity contribution < 1.29 is 8.83 Å². The predicted octanol–water partition coefficient (Wildman–Crippen LogP) is 11.8. The number of hydrogen-bond donors (Lipinski definition) is 0. The molecule has 0 spiro atoms. The Morgan fingerprint density at radius 3 is 1.82 bits per heavy atom. The molecule has 0 saturated carbocycles. The highest BCUT2D eigenvalue weighted by Gasteiger charge is 2.23. The smallest absolute Gasteiger partial charge is 0.238 e. The molecule has 4 aromatic heterocycles. The minimum Gasteiger partial charge on any atom is -0.456 e. The molecule has 238 valence electrons. The van der Waals surface area contributed by atoms with E-state index in [1.807, 2.05) is 54.6 Å². The largest absolute Gasteiger partial charge is 0.456 e. The fourth-order valence-corrected chi connectivity index (χ4v) is 7.62. The molecule has 0 N–H and O–H groups in total. The van der Waals surface area contributed by atoms with E-state index in [-0.39, 0.29) is 0 Å². The Labute approximate surface area is 290 Å². The maximum atomic E-state index is 6.82. The van der Waals surface area contributed by atoms with Gasteiger partial charge in [0.25, 0.3) is 0 Å². The normalized spacial score (nSPS) is 11.9. The van der Waals surface area contributed by atoms with Crippen molar-refractivity contribution in [3.05, 3.63) is 158 Å². The van der Waals surface area contributed by atoms with Crippen molar-refractivity contribution in [2.45, 2.75) is 0 Å². The van der Waals surface area contributed by atoms with Gasteiger partial charge in [0.15, 0.2) is 11.6 Å². The SMILES string of the molecule is c1ccc(-c2nc(-c3cccc4c3oc3c(-c5ccccc5)cccc34)nc(-n3c4ccccc4c4ccc5oc6ccccc6c5c43)n2)cc1. The van der Waals surface area contributed by atoms with E-state index in [4.69, 9.17) is 23.8 Å². The lowest BCUT2D eigenvalue weighted by atomic mass is 10.0. The van der Waals surface area contributed by atoms with E-state index in [0.29, 0.717) is 17.6 Å². The molecule has 0 aliphatic heterocycles. The summed E-state index contributed by atoms with van der Waals surface area (Å²) in [6, 6.07) is 53.7. The summed E-state index contributed by atoms with van der Waals surface area (Å²) in [5, 5.41) is 6.32. The number of furan rings is 2. The van der Waals surface area contributed by atoms with Crippen LogP contribution in [-0.2, 0) is 0 Å². The van der Waals surface area contributed by atoms with Crippen LogP contribution in [0, 0.1) is 0 Å². The first-order chi connectivity index (χ1) is 25.3. The molecule has 7 aromatic carbocycles. The van der Waals surface area contributed by atoms with Gasteiger partial charge in [-0.25, -0.2) is 4.98 Å². The second kappa shape index (κ2) is 10.7. The molecule has 0 aliphatic rings. The zero-order valence-electron chi connectivity index (χ0n) is 27.1. The van der Waals surface area contributed by atoms with Crippen molar-refractivity contribution in [3.63, 3.8) is 0 Å². The molecular formula is C45H26N4O2. The summed E-state index contributed by atoms with van der Waals surface area (Å²) in [7, 11) is 0. The van der Waals surface area contributed by atoms with Crippen molar-refractivity contribution in [1.82, 2.24) is 19.5 Å². The molecule has 0 unspecified atom stereocenters. The summed E-state index contributed by atoms with van der Waals surface area (Å²) >= 11 is 0. The molecule has 0 bridgehead atoms. The van der Waals surface area contributed by atoms with Crippen molar-refractivity contribution >= 4 is 65.7 Å². The zero-order valence-corrected chi connectivity index (χ0v) is 27.1. The second-order valence-electron chi connectivity index (χ2n) is 12.8. The van der Waals surface area contributed by atoms with E-state index in [1.165, 1.54) is 0 Å². The van der Waals surface area contributed by atoms with Crippen LogP contribution in [0.5, 0.6) is 0 Å². The summed E-state index contributed by atoms with van der Waals surface area (Å²) in [5.74, 6) is 1.62. The molecule has 0 aliphatic carbocycles. The van der Waals surface area contributed by atoms with Gasteiger partial charge in [0.05, 0.1) is 22.0 Å². The highest BCUT2D eigenvalue weighted by atomic mass is 16.3. The van der Waals surface area contributed by atoms with Gasteiger partial charge >= 0.3 is 0 Å². The number of nitrogens with zero attached hydrogens (tertiary/aromatic N) is 4. The third kappa shape index (κ3) is 4.14. The number of benzene rings is 7. The van der Waals surface area contributed by atoms with E-state index in [9.17, 15) is 0 Å². The lowest BCUT2D eigenvalue weighted by molar-refractivity contribution is 0.669. The molecule has 0 atom stereocenters. The van der Waals surface area contributed by atoms with Crippen LogP contribution >= 0.6 is 0 Å². The summed E-state index contributed by atoms with van der Waals surface area (Å²) in [6.07, 6.45) is 0. The molecule has 4 heterocycles. The number of aromatic nitrogens is 4. The Bertz CT molecular complexity index is 3140. The summed E-state index contributed by atoms with van der Waals surface area (Å²) < 4.78 is 15.4. The molecule has 11 rings (SSSR count). The Kier molecular flexibility index (Phi) is 5.86. The Morgan fingerprint density at radius 1 is 0.392 bits per heavy atom. The van der Waals surface area contributed by atoms with Gasteiger partial charge in [0.2, 0.25) is 5.95 Å². The van der Waals surface area contributed by atoms with Crippen LogP contribution in [0.2, 0.25) is 0 Å². The molecule has 11 aromatic rings. The van der Waals surface area contributed by atoms with E-state index in [1.54, 1.807) is 0 Å². The molecule has 51 heavy (non-hydrogen) atoms. The van der Waals surface area contributed by atoms with Crippen LogP contribution in [0.4, 0.5) is 0 Å². The molecule has 6 nitrogen and oxygen atoms in total. The van der Waals surface area contributed by atoms with Crippen LogP contribution in [0.25, 0.3) is 106 Å². The van der Waals surface area contributed by atoms with E-state index < -0.39 is 0 Å². The number of rotatable bonds is 4. The number of para-hydroxylation sites is 4. The first-order valence-corrected chi connectivity index (χ1v) is 17.0. The van der Waals surface area contributed by atoms with E-state index in [2.05, 4.69) is 108 Å². The van der Waals surface area contributed by atoms with Gasteiger partial charge in [-0.1, -0.05) is 127 Å². The van der Waals surface area contributed by atoms with Gasteiger partial charge in [-0.2, -0.15) is 9.97 Å². The Hall–Kier alpha value is -7.05. The molecule has 0 fully saturated rings. The van der Waals surface area contributed by atoms with E-state index in [0.717, 1.165) is 87.9 Å². The Morgan fingerprint density at radius 2 is 1.02 bits per heavy atom. The maximum Gasteiger partial charge on any atom is 0.238 e. The zero-order chi connectivity index (χ0) is 33.5. The molecule has 0 saturated heterocycles. The quantitative estimate of drug-likeness (QED) is 0.189. The van der Waals surface area contributed by atoms with Gasteiger partial charge in [-0.3, -0.25) is 4.57 Å². The van der Waals surface area contributed by atoms with Crippen LogP contribution in [0.3, 0.4) is 0 Å². The molecular weight excluding hydrogens is 629 g/mol. The minimum absolute atomic E-state index is 0.515.